The van der Waals surface area contributed by atoms with Gasteiger partial charge in [-0.25, -0.2) is 0 Å². The standard InChI is InChI=1S/2C6H13.Al/c2*1-4-5-6(2)3;/h2*4-5H2,1-3H3;/q;;+1. The molecular weight excluding hydrogens is 171 g/mol. The van der Waals surface area contributed by atoms with Crippen LogP contribution in [0.3, 0.4) is 0 Å². The topological polar surface area (TPSA) is 0 Å². The molecule has 0 unspecified atom stereocenters. The summed E-state index contributed by atoms with van der Waals surface area (Å²) in [5.74, 6) is 0. The van der Waals surface area contributed by atoms with Crippen LogP contribution in [0.4, 0.5) is 0 Å². The molecule has 0 rings (SSSR count). The number of hydrogen-bond acceptors (Lipinski definition) is 0. The summed E-state index contributed by atoms with van der Waals surface area (Å²) in [6.07, 6.45) is 5.47. The average Bonchev–Trinajstić information content (AvgIpc) is 1.82. The van der Waals surface area contributed by atoms with Crippen molar-refractivity contribution in [2.24, 2.45) is 0 Å². The molecule has 0 N–H and O–H groups in total. The molecule has 0 aliphatic carbocycles. The predicted octanol–water partition coefficient (Wildman–Crippen LogP) is 4.69. The summed E-state index contributed by atoms with van der Waals surface area (Å²) in [4.78, 5) is 0. The Kier molecular flexibility index (Phi) is 5.64. The van der Waals surface area contributed by atoms with Crippen LogP contribution in [-0.4, -0.2) is 15.2 Å². The zero-order valence-electron chi connectivity index (χ0n) is 10.4. The molecule has 0 saturated heterocycles. The molecule has 0 saturated carbocycles. The Bertz CT molecular complexity index is 120. The van der Waals surface area contributed by atoms with E-state index in [0.717, 1.165) is 0 Å². The van der Waals surface area contributed by atoms with Crippen LogP contribution in [0.15, 0.2) is 0 Å². The van der Waals surface area contributed by atoms with Crippen LogP contribution in [-0.2, 0) is 0 Å². The molecule has 0 heterocycles. The Morgan fingerprint density at radius 1 is 0.769 bits per heavy atom. The molecule has 0 spiro atoms. The van der Waals surface area contributed by atoms with E-state index in [1.807, 2.05) is 0 Å². The zero-order chi connectivity index (χ0) is 10.5. The second-order valence-corrected chi connectivity index (χ2v) is 9.04. The Labute approximate surface area is 91.2 Å². The van der Waals surface area contributed by atoms with Crippen molar-refractivity contribution in [3.05, 3.63) is 0 Å². The van der Waals surface area contributed by atoms with Gasteiger partial charge in [-0.15, -0.1) is 0 Å². The quantitative estimate of drug-likeness (QED) is 0.542. The summed E-state index contributed by atoms with van der Waals surface area (Å²) >= 11 is 0.572. The third-order valence-electron chi connectivity index (χ3n) is 2.57. The molecule has 0 bridgehead atoms. The summed E-state index contributed by atoms with van der Waals surface area (Å²) in [7, 11) is 0. The fraction of sp³-hybridized carbons (Fsp3) is 1.00. The van der Waals surface area contributed by atoms with Gasteiger partial charge in [0.25, 0.3) is 0 Å². The van der Waals surface area contributed by atoms with Gasteiger partial charge in [0.2, 0.25) is 0 Å². The maximum absolute atomic E-state index is 2.45. The summed E-state index contributed by atoms with van der Waals surface area (Å²) in [6.45, 7) is 14.4. The van der Waals surface area contributed by atoms with Gasteiger partial charge in [0.05, 0.1) is 0 Å². The van der Waals surface area contributed by atoms with Gasteiger partial charge in [0, 0.05) is 0 Å². The first-order valence-corrected chi connectivity index (χ1v) is 6.85. The molecule has 0 atom stereocenters. The summed E-state index contributed by atoms with van der Waals surface area (Å²) in [5, 5.41) is 0. The maximum atomic E-state index is 2.45. The Balaban J connectivity index is 4.07. The van der Waals surface area contributed by atoms with E-state index in [-0.39, 0.29) is 0 Å². The van der Waals surface area contributed by atoms with Gasteiger partial charge in [-0.05, 0) is 0 Å². The summed E-state index contributed by atoms with van der Waals surface area (Å²) < 4.78 is 1.24. The van der Waals surface area contributed by atoms with Crippen LogP contribution in [0.25, 0.3) is 0 Å². The van der Waals surface area contributed by atoms with Crippen molar-refractivity contribution in [3.63, 3.8) is 0 Å². The molecule has 0 nitrogen and oxygen atoms in total. The molecule has 0 aromatic heterocycles. The second-order valence-electron chi connectivity index (χ2n) is 5.62. The molecule has 0 fully saturated rings. The van der Waals surface area contributed by atoms with Crippen molar-refractivity contribution in [2.45, 2.75) is 75.8 Å². The van der Waals surface area contributed by atoms with E-state index in [1.165, 1.54) is 25.7 Å². The van der Waals surface area contributed by atoms with Crippen LogP contribution in [0.2, 0.25) is 8.55 Å². The van der Waals surface area contributed by atoms with Gasteiger partial charge in [0.1, 0.15) is 0 Å². The van der Waals surface area contributed by atoms with Crippen LogP contribution in [0.5, 0.6) is 0 Å². The van der Waals surface area contributed by atoms with E-state index in [4.69, 9.17) is 0 Å². The van der Waals surface area contributed by atoms with E-state index in [9.17, 15) is 0 Å². The van der Waals surface area contributed by atoms with Crippen molar-refractivity contribution >= 4 is 15.2 Å². The van der Waals surface area contributed by atoms with Gasteiger partial charge < -0.3 is 0 Å². The second kappa shape index (κ2) is 5.42. The fourth-order valence-corrected chi connectivity index (χ4v) is 5.47. The molecule has 0 aliphatic rings. The van der Waals surface area contributed by atoms with Crippen LogP contribution >= 0.6 is 0 Å². The molecular formula is C12H26Al+. The van der Waals surface area contributed by atoms with Crippen molar-refractivity contribution in [1.29, 1.82) is 0 Å². The molecule has 0 aromatic carbocycles. The van der Waals surface area contributed by atoms with Crippen molar-refractivity contribution in [1.82, 2.24) is 0 Å². The fourth-order valence-electron chi connectivity index (χ4n) is 2.49. The first-order valence-electron chi connectivity index (χ1n) is 5.70. The first kappa shape index (κ1) is 13.5. The van der Waals surface area contributed by atoms with Crippen molar-refractivity contribution in [2.75, 3.05) is 0 Å². The third kappa shape index (κ3) is 6.58. The minimum atomic E-state index is 0.572. The monoisotopic (exact) mass is 197 g/mol. The Morgan fingerprint density at radius 3 is 1.31 bits per heavy atom. The van der Waals surface area contributed by atoms with E-state index < -0.39 is 0 Å². The Morgan fingerprint density at radius 2 is 1.08 bits per heavy atom. The van der Waals surface area contributed by atoms with Gasteiger partial charge >= 0.3 is 91.0 Å². The predicted molar refractivity (Wildman–Crippen MR) is 63.7 cm³/mol. The summed E-state index contributed by atoms with van der Waals surface area (Å²) in [6, 6.07) is 0. The molecule has 13 heavy (non-hydrogen) atoms. The van der Waals surface area contributed by atoms with Gasteiger partial charge in [-0.3, -0.25) is 0 Å². The Hall–Kier alpha value is 0.532. The number of rotatable bonds is 6. The van der Waals surface area contributed by atoms with Crippen LogP contribution < -0.4 is 0 Å². The van der Waals surface area contributed by atoms with E-state index in [2.05, 4.69) is 41.5 Å². The average molecular weight is 197 g/mol. The van der Waals surface area contributed by atoms with Crippen molar-refractivity contribution in [3.8, 4) is 0 Å². The van der Waals surface area contributed by atoms with Gasteiger partial charge in [0.15, 0.2) is 0 Å². The zero-order valence-corrected chi connectivity index (χ0v) is 11.6. The molecule has 0 aromatic rings. The van der Waals surface area contributed by atoms with E-state index in [1.54, 1.807) is 0 Å². The molecule has 1 heteroatoms. The van der Waals surface area contributed by atoms with E-state index >= 15 is 0 Å². The first-order chi connectivity index (χ1) is 5.83. The van der Waals surface area contributed by atoms with Gasteiger partial charge in [-0.2, -0.15) is 0 Å². The number of hydrogen-bond donors (Lipinski definition) is 0. The van der Waals surface area contributed by atoms with Crippen molar-refractivity contribution < 1.29 is 0 Å². The molecule has 0 radical (unpaired) electrons. The molecule has 0 aliphatic heterocycles. The van der Waals surface area contributed by atoms with Crippen LogP contribution in [0, 0.1) is 0 Å². The minimum absolute atomic E-state index is 0.572. The SMILES string of the molecule is CCC[C](C)(C)[Al+][C](C)(C)CCC. The third-order valence-corrected chi connectivity index (χ3v) is 4.71. The summed E-state index contributed by atoms with van der Waals surface area (Å²) in [5.41, 5.74) is 0. The molecule has 0 amide bonds. The van der Waals surface area contributed by atoms with E-state index in [0.29, 0.717) is 23.8 Å². The molecule has 76 valence electrons. The normalized spacial score (nSPS) is 12.8. The van der Waals surface area contributed by atoms with Crippen LogP contribution in [0.1, 0.15) is 67.2 Å². The van der Waals surface area contributed by atoms with Gasteiger partial charge in [-0.1, -0.05) is 0 Å².